The first-order valence-electron chi connectivity index (χ1n) is 5.96. The summed E-state index contributed by atoms with van der Waals surface area (Å²) in [6, 6.07) is 10.5. The molecule has 0 saturated heterocycles. The zero-order chi connectivity index (χ0) is 14.8. The second kappa shape index (κ2) is 6.45. The van der Waals surface area contributed by atoms with Crippen molar-refractivity contribution in [1.29, 1.82) is 0 Å². The molecular formula is C13H13Cl2NO2S2. The van der Waals surface area contributed by atoms with Crippen LogP contribution in [0.1, 0.15) is 24.9 Å². The number of hydrogen-bond donors (Lipinski definition) is 1. The third-order valence-electron chi connectivity index (χ3n) is 2.82. The Morgan fingerprint density at radius 1 is 1.25 bits per heavy atom. The van der Waals surface area contributed by atoms with E-state index >= 15 is 0 Å². The fourth-order valence-electron chi connectivity index (χ4n) is 1.83. The Kier molecular flexibility index (Phi) is 5.09. The molecule has 1 heterocycles. The maximum atomic E-state index is 12.4. The van der Waals surface area contributed by atoms with Gasteiger partial charge in [0.15, 0.2) is 0 Å². The second-order valence-electron chi connectivity index (χ2n) is 4.18. The summed E-state index contributed by atoms with van der Waals surface area (Å²) in [4.78, 5) is 0.0311. The van der Waals surface area contributed by atoms with Crippen molar-refractivity contribution in [2.45, 2.75) is 24.3 Å². The normalized spacial score (nSPS) is 13.3. The predicted molar refractivity (Wildman–Crippen MR) is 84.1 cm³/mol. The summed E-state index contributed by atoms with van der Waals surface area (Å²) >= 11 is 12.8. The van der Waals surface area contributed by atoms with Crippen LogP contribution in [0, 0.1) is 0 Å². The number of hydrogen-bond acceptors (Lipinski definition) is 3. The number of sulfonamides is 1. The lowest BCUT2D eigenvalue weighted by Crippen LogP contribution is -2.28. The highest BCUT2D eigenvalue weighted by Crippen LogP contribution is 2.35. The standard InChI is InChI=1S/C13H13Cl2NO2S2/c1-2-10(9-6-4-3-5-7-9)16-20(17,18)11-8-12(14)19-13(11)15/h3-8,10,16H,2H2,1H3. The summed E-state index contributed by atoms with van der Waals surface area (Å²) in [5.74, 6) is 0. The van der Waals surface area contributed by atoms with Gasteiger partial charge in [-0.15, -0.1) is 11.3 Å². The lowest BCUT2D eigenvalue weighted by molar-refractivity contribution is 0.550. The van der Waals surface area contributed by atoms with E-state index in [-0.39, 0.29) is 15.3 Å². The van der Waals surface area contributed by atoms with Crippen LogP contribution >= 0.6 is 34.5 Å². The van der Waals surface area contributed by atoms with Gasteiger partial charge in [-0.3, -0.25) is 0 Å². The van der Waals surface area contributed by atoms with Crippen molar-refractivity contribution in [3.05, 3.63) is 50.6 Å². The minimum Gasteiger partial charge on any atom is -0.207 e. The largest absolute Gasteiger partial charge is 0.243 e. The third kappa shape index (κ3) is 3.54. The zero-order valence-electron chi connectivity index (χ0n) is 10.6. The zero-order valence-corrected chi connectivity index (χ0v) is 13.8. The lowest BCUT2D eigenvalue weighted by atomic mass is 10.1. The van der Waals surface area contributed by atoms with Gasteiger partial charge in [-0.05, 0) is 18.1 Å². The van der Waals surface area contributed by atoms with Gasteiger partial charge < -0.3 is 0 Å². The fraction of sp³-hybridized carbons (Fsp3) is 0.231. The minimum atomic E-state index is -3.69. The third-order valence-corrected chi connectivity index (χ3v) is 6.05. The monoisotopic (exact) mass is 349 g/mol. The summed E-state index contributed by atoms with van der Waals surface area (Å²) in [5, 5.41) is 0. The van der Waals surface area contributed by atoms with E-state index in [1.165, 1.54) is 6.07 Å². The van der Waals surface area contributed by atoms with Gasteiger partial charge in [-0.25, -0.2) is 13.1 Å². The van der Waals surface area contributed by atoms with E-state index in [0.29, 0.717) is 10.8 Å². The number of nitrogens with one attached hydrogen (secondary N) is 1. The first kappa shape index (κ1) is 15.8. The molecule has 2 aromatic rings. The van der Waals surface area contributed by atoms with Crippen LogP contribution in [-0.4, -0.2) is 8.42 Å². The van der Waals surface area contributed by atoms with E-state index in [1.807, 2.05) is 37.3 Å². The number of halogens is 2. The summed E-state index contributed by atoms with van der Waals surface area (Å²) in [7, 11) is -3.69. The second-order valence-corrected chi connectivity index (χ2v) is 8.15. The highest BCUT2D eigenvalue weighted by atomic mass is 35.5. The Hall–Kier alpha value is -0.590. The highest BCUT2D eigenvalue weighted by molar-refractivity contribution is 7.89. The van der Waals surface area contributed by atoms with Crippen molar-refractivity contribution in [3.8, 4) is 0 Å². The molecule has 0 aliphatic heterocycles. The Labute approximate surface area is 132 Å². The number of benzene rings is 1. The molecular weight excluding hydrogens is 337 g/mol. The summed E-state index contributed by atoms with van der Waals surface area (Å²) in [6.07, 6.45) is 0.638. The molecule has 1 N–H and O–H groups in total. The van der Waals surface area contributed by atoms with Crippen LogP contribution in [0.4, 0.5) is 0 Å². The summed E-state index contributed by atoms with van der Waals surface area (Å²) < 4.78 is 27.9. The van der Waals surface area contributed by atoms with Crippen LogP contribution in [0.15, 0.2) is 41.3 Å². The minimum absolute atomic E-state index is 0.0311. The maximum absolute atomic E-state index is 12.4. The molecule has 0 saturated carbocycles. The van der Waals surface area contributed by atoms with Crippen molar-refractivity contribution in [3.63, 3.8) is 0 Å². The molecule has 20 heavy (non-hydrogen) atoms. The summed E-state index contributed by atoms with van der Waals surface area (Å²) in [6.45, 7) is 1.92. The molecule has 0 aliphatic carbocycles. The van der Waals surface area contributed by atoms with Gasteiger partial charge in [-0.2, -0.15) is 0 Å². The smallest absolute Gasteiger partial charge is 0.207 e. The van der Waals surface area contributed by atoms with Gasteiger partial charge in [-0.1, -0.05) is 60.5 Å². The molecule has 1 atom stereocenters. The van der Waals surface area contributed by atoms with Crippen LogP contribution in [0.2, 0.25) is 8.67 Å². The topological polar surface area (TPSA) is 46.2 Å². The van der Waals surface area contributed by atoms with Gasteiger partial charge in [0.05, 0.1) is 4.34 Å². The Balaban J connectivity index is 2.29. The van der Waals surface area contributed by atoms with E-state index in [2.05, 4.69) is 4.72 Å². The molecule has 1 unspecified atom stereocenters. The Bertz CT molecular complexity index is 684. The van der Waals surface area contributed by atoms with Crippen LogP contribution in [-0.2, 0) is 10.0 Å². The number of thiophene rings is 1. The quantitative estimate of drug-likeness (QED) is 0.864. The van der Waals surface area contributed by atoms with Gasteiger partial charge >= 0.3 is 0 Å². The van der Waals surface area contributed by atoms with E-state index in [9.17, 15) is 8.42 Å². The lowest BCUT2D eigenvalue weighted by Gasteiger charge is -2.17. The molecule has 0 aliphatic rings. The van der Waals surface area contributed by atoms with Crippen molar-refractivity contribution in [2.75, 3.05) is 0 Å². The summed E-state index contributed by atoms with van der Waals surface area (Å²) in [5.41, 5.74) is 0.913. The molecule has 2 rings (SSSR count). The van der Waals surface area contributed by atoms with E-state index in [4.69, 9.17) is 23.2 Å². The van der Waals surface area contributed by atoms with Gasteiger partial charge in [0.2, 0.25) is 10.0 Å². The van der Waals surface area contributed by atoms with Gasteiger partial charge in [0.1, 0.15) is 9.23 Å². The SMILES string of the molecule is CCC(NS(=O)(=O)c1cc(Cl)sc1Cl)c1ccccc1. The van der Waals surface area contributed by atoms with Crippen LogP contribution in [0.5, 0.6) is 0 Å². The van der Waals surface area contributed by atoms with Crippen LogP contribution in [0.25, 0.3) is 0 Å². The fourth-order valence-corrected chi connectivity index (χ4v) is 5.29. The van der Waals surface area contributed by atoms with Crippen molar-refractivity contribution in [1.82, 2.24) is 4.72 Å². The van der Waals surface area contributed by atoms with E-state index in [0.717, 1.165) is 16.9 Å². The van der Waals surface area contributed by atoms with Gasteiger partial charge in [0.25, 0.3) is 0 Å². The molecule has 1 aromatic carbocycles. The average molecular weight is 350 g/mol. The molecule has 0 fully saturated rings. The molecule has 1 aromatic heterocycles. The Morgan fingerprint density at radius 2 is 1.90 bits per heavy atom. The molecule has 0 radical (unpaired) electrons. The molecule has 0 spiro atoms. The van der Waals surface area contributed by atoms with Gasteiger partial charge in [0, 0.05) is 6.04 Å². The molecule has 108 valence electrons. The predicted octanol–water partition coefficient (Wildman–Crippen LogP) is 4.48. The molecule has 3 nitrogen and oxygen atoms in total. The Morgan fingerprint density at radius 3 is 2.40 bits per heavy atom. The van der Waals surface area contributed by atoms with Crippen molar-refractivity contribution >= 4 is 44.6 Å². The number of rotatable bonds is 5. The van der Waals surface area contributed by atoms with Crippen molar-refractivity contribution in [2.24, 2.45) is 0 Å². The molecule has 0 bridgehead atoms. The maximum Gasteiger partial charge on any atom is 0.243 e. The van der Waals surface area contributed by atoms with E-state index < -0.39 is 10.0 Å². The highest BCUT2D eigenvalue weighted by Gasteiger charge is 2.24. The van der Waals surface area contributed by atoms with Crippen molar-refractivity contribution < 1.29 is 8.42 Å². The van der Waals surface area contributed by atoms with Crippen LogP contribution in [0.3, 0.4) is 0 Å². The first-order chi connectivity index (χ1) is 9.44. The molecule has 0 amide bonds. The van der Waals surface area contributed by atoms with Crippen LogP contribution < -0.4 is 4.72 Å². The molecule has 7 heteroatoms. The average Bonchev–Trinajstić information content (AvgIpc) is 2.77. The first-order valence-corrected chi connectivity index (χ1v) is 9.01. The van der Waals surface area contributed by atoms with E-state index in [1.54, 1.807) is 0 Å².